The highest BCUT2D eigenvalue weighted by molar-refractivity contribution is 9.10. The molecule has 2 aromatic heterocycles. The van der Waals surface area contributed by atoms with Gasteiger partial charge in [-0.15, -0.1) is 11.3 Å². The first kappa shape index (κ1) is 20.8. The number of nitrogens with zero attached hydrogens (tertiary/aromatic N) is 1. The zero-order valence-electron chi connectivity index (χ0n) is 20.0. The summed E-state index contributed by atoms with van der Waals surface area (Å²) < 4.78 is 6.27. The van der Waals surface area contributed by atoms with Crippen molar-refractivity contribution in [3.05, 3.63) is 113 Å². The molecule has 0 saturated heterocycles. The number of rotatable bonds is 1. The van der Waals surface area contributed by atoms with Gasteiger partial charge in [-0.2, -0.15) is 0 Å². The van der Waals surface area contributed by atoms with Crippen LogP contribution in [0.5, 0.6) is 0 Å². The van der Waals surface area contributed by atoms with E-state index in [1.54, 1.807) is 0 Å². The third-order valence-electron chi connectivity index (χ3n) is 8.04. The Kier molecular flexibility index (Phi) is 4.09. The third-order valence-corrected chi connectivity index (χ3v) is 9.69. The maximum atomic E-state index is 3.66. The second-order valence-corrected chi connectivity index (χ2v) is 12.4. The van der Waals surface area contributed by atoms with E-state index < -0.39 is 0 Å². The van der Waals surface area contributed by atoms with E-state index in [-0.39, 0.29) is 5.41 Å². The van der Waals surface area contributed by atoms with Crippen LogP contribution in [0, 0.1) is 0 Å². The lowest BCUT2D eigenvalue weighted by Gasteiger charge is -2.34. The lowest BCUT2D eigenvalue weighted by atomic mass is 9.75. The number of halogens is 1. The van der Waals surface area contributed by atoms with Crippen LogP contribution in [0.2, 0.25) is 0 Å². The number of thiophene rings is 1. The van der Waals surface area contributed by atoms with Crippen LogP contribution in [0.4, 0.5) is 0 Å². The summed E-state index contributed by atoms with van der Waals surface area (Å²) in [6.45, 7) is 4.71. The summed E-state index contributed by atoms with van der Waals surface area (Å²) in [6.07, 6.45) is 0. The fraction of sp³-hybridized carbons (Fsp3) is 0.0909. The molecule has 3 heteroatoms. The van der Waals surface area contributed by atoms with Crippen molar-refractivity contribution in [1.29, 1.82) is 0 Å². The van der Waals surface area contributed by atoms with Crippen LogP contribution < -0.4 is 0 Å². The molecule has 3 heterocycles. The van der Waals surface area contributed by atoms with Gasteiger partial charge in [0, 0.05) is 40.8 Å². The van der Waals surface area contributed by atoms with Gasteiger partial charge < -0.3 is 4.57 Å². The summed E-state index contributed by atoms with van der Waals surface area (Å²) in [5.41, 5.74) is 9.17. The Bertz CT molecular complexity index is 2040. The first-order valence-corrected chi connectivity index (χ1v) is 13.9. The van der Waals surface area contributed by atoms with E-state index in [1.165, 1.54) is 69.9 Å². The average molecular weight is 545 g/mol. The number of para-hydroxylation sites is 2. The van der Waals surface area contributed by atoms with Crippen molar-refractivity contribution in [2.24, 2.45) is 0 Å². The maximum Gasteiger partial charge on any atom is 0.0582 e. The van der Waals surface area contributed by atoms with Gasteiger partial charge >= 0.3 is 0 Å². The number of fused-ring (bicyclic) bond motifs is 8. The summed E-state index contributed by atoms with van der Waals surface area (Å²) >= 11 is 5.52. The Morgan fingerprint density at radius 1 is 0.639 bits per heavy atom. The van der Waals surface area contributed by atoms with Crippen LogP contribution in [0.3, 0.4) is 0 Å². The van der Waals surface area contributed by atoms with Gasteiger partial charge in [-0.1, -0.05) is 78.3 Å². The molecule has 172 valence electrons. The molecule has 0 fully saturated rings. The Balaban J connectivity index is 1.42. The summed E-state index contributed by atoms with van der Waals surface area (Å²) in [5.74, 6) is 0. The summed E-state index contributed by atoms with van der Waals surface area (Å²) in [5, 5.41) is 5.29. The molecule has 0 N–H and O–H groups in total. The predicted octanol–water partition coefficient (Wildman–Crippen LogP) is 10.2. The molecule has 0 bridgehead atoms. The topological polar surface area (TPSA) is 4.93 Å². The van der Waals surface area contributed by atoms with E-state index in [0.29, 0.717) is 0 Å². The zero-order chi connectivity index (χ0) is 24.2. The molecular formula is C33H22BrNS. The molecule has 0 aliphatic carbocycles. The molecule has 0 saturated carbocycles. The first-order chi connectivity index (χ1) is 17.5. The minimum absolute atomic E-state index is 0.0391. The van der Waals surface area contributed by atoms with Crippen LogP contribution in [0.1, 0.15) is 25.0 Å². The number of benzene rings is 5. The van der Waals surface area contributed by atoms with Crippen molar-refractivity contribution in [1.82, 2.24) is 4.57 Å². The molecule has 1 aliphatic heterocycles. The molecule has 0 unspecified atom stereocenters. The van der Waals surface area contributed by atoms with Gasteiger partial charge in [-0.25, -0.2) is 0 Å². The van der Waals surface area contributed by atoms with Gasteiger partial charge in [0.05, 0.1) is 16.7 Å². The van der Waals surface area contributed by atoms with E-state index in [4.69, 9.17) is 0 Å². The van der Waals surface area contributed by atoms with Gasteiger partial charge in [0.15, 0.2) is 0 Å². The van der Waals surface area contributed by atoms with Crippen molar-refractivity contribution in [3.8, 4) is 16.8 Å². The average Bonchev–Trinajstić information content (AvgIpc) is 3.42. The molecule has 0 radical (unpaired) electrons. The standard InChI is InChI=1S/C33H22BrNS/c1-33(2)26-7-3-4-9-29(26)35-28-13-10-19(16-23(28)22-6-5-8-27(33)32(22)35)20-11-14-30-24(17-20)25-18-21(34)12-15-31(25)36-30/h3-18H,1-2H3. The van der Waals surface area contributed by atoms with E-state index >= 15 is 0 Å². The lowest BCUT2D eigenvalue weighted by Crippen LogP contribution is -2.26. The summed E-state index contributed by atoms with van der Waals surface area (Å²) in [4.78, 5) is 0. The minimum atomic E-state index is -0.0391. The zero-order valence-corrected chi connectivity index (χ0v) is 22.4. The quantitative estimate of drug-likeness (QED) is 0.194. The number of aromatic nitrogens is 1. The summed E-state index contributed by atoms with van der Waals surface area (Å²) in [7, 11) is 0. The van der Waals surface area contributed by atoms with Crippen molar-refractivity contribution in [2.75, 3.05) is 0 Å². The lowest BCUT2D eigenvalue weighted by molar-refractivity contribution is 0.630. The monoisotopic (exact) mass is 543 g/mol. The van der Waals surface area contributed by atoms with Crippen LogP contribution in [-0.2, 0) is 5.41 Å². The predicted molar refractivity (Wildman–Crippen MR) is 159 cm³/mol. The summed E-state index contributed by atoms with van der Waals surface area (Å²) in [6, 6.07) is 36.2. The van der Waals surface area contributed by atoms with Crippen molar-refractivity contribution >= 4 is 69.2 Å². The minimum Gasteiger partial charge on any atom is -0.309 e. The molecule has 5 aromatic carbocycles. The number of hydrogen-bond donors (Lipinski definition) is 0. The fourth-order valence-electron chi connectivity index (χ4n) is 6.27. The van der Waals surface area contributed by atoms with Gasteiger partial charge in [0.2, 0.25) is 0 Å². The molecule has 1 nitrogen and oxygen atoms in total. The van der Waals surface area contributed by atoms with E-state index in [1.807, 2.05) is 11.3 Å². The van der Waals surface area contributed by atoms with Gasteiger partial charge in [0.1, 0.15) is 0 Å². The van der Waals surface area contributed by atoms with Crippen LogP contribution >= 0.6 is 27.3 Å². The van der Waals surface area contributed by atoms with Crippen LogP contribution in [0.25, 0.3) is 58.8 Å². The van der Waals surface area contributed by atoms with Crippen LogP contribution in [0.15, 0.2) is 102 Å². The molecule has 36 heavy (non-hydrogen) atoms. The van der Waals surface area contributed by atoms with E-state index in [0.717, 1.165) is 4.47 Å². The molecule has 0 atom stereocenters. The third kappa shape index (κ3) is 2.65. The maximum absolute atomic E-state index is 3.66. The smallest absolute Gasteiger partial charge is 0.0582 e. The SMILES string of the molecule is CC1(C)c2ccccc2-n2c3ccc(-c4ccc5sc6ccc(Br)cc6c5c4)cc3c3cccc1c32. The van der Waals surface area contributed by atoms with Gasteiger partial charge in [-0.05, 0) is 70.8 Å². The second-order valence-electron chi connectivity index (χ2n) is 10.4. The molecule has 8 rings (SSSR count). The van der Waals surface area contributed by atoms with Crippen molar-refractivity contribution in [2.45, 2.75) is 19.3 Å². The van der Waals surface area contributed by atoms with E-state index in [2.05, 4.69) is 131 Å². The first-order valence-electron chi connectivity index (χ1n) is 12.3. The Morgan fingerprint density at radius 2 is 1.33 bits per heavy atom. The molecule has 1 aliphatic rings. The normalized spacial score (nSPS) is 14.2. The Hall–Kier alpha value is -3.40. The van der Waals surface area contributed by atoms with Crippen molar-refractivity contribution in [3.63, 3.8) is 0 Å². The number of hydrogen-bond acceptors (Lipinski definition) is 1. The Labute approximate surface area is 221 Å². The van der Waals surface area contributed by atoms with Crippen molar-refractivity contribution < 1.29 is 0 Å². The highest BCUT2D eigenvalue weighted by Crippen LogP contribution is 2.48. The molecule has 7 aromatic rings. The highest BCUT2D eigenvalue weighted by atomic mass is 79.9. The Morgan fingerprint density at radius 3 is 2.19 bits per heavy atom. The molecule has 0 spiro atoms. The van der Waals surface area contributed by atoms with Crippen LogP contribution in [-0.4, -0.2) is 4.57 Å². The largest absolute Gasteiger partial charge is 0.309 e. The van der Waals surface area contributed by atoms with E-state index in [9.17, 15) is 0 Å². The molecule has 0 amide bonds. The van der Waals surface area contributed by atoms with Gasteiger partial charge in [0.25, 0.3) is 0 Å². The highest BCUT2D eigenvalue weighted by Gasteiger charge is 2.34. The molecular weight excluding hydrogens is 522 g/mol. The second kappa shape index (κ2) is 7.09. The van der Waals surface area contributed by atoms with Gasteiger partial charge in [-0.3, -0.25) is 0 Å². The fourth-order valence-corrected chi connectivity index (χ4v) is 7.70.